The predicted octanol–water partition coefficient (Wildman–Crippen LogP) is 4.09. The van der Waals surface area contributed by atoms with E-state index >= 15 is 0 Å². The van der Waals surface area contributed by atoms with E-state index < -0.39 is 10.0 Å². The Morgan fingerprint density at radius 2 is 1.78 bits per heavy atom. The number of fused-ring (bicyclic) bond motifs is 1. The van der Waals surface area contributed by atoms with Gasteiger partial charge in [0.25, 0.3) is 10.0 Å². The van der Waals surface area contributed by atoms with Crippen molar-refractivity contribution in [2.75, 3.05) is 0 Å². The normalized spacial score (nSPS) is 11.4. The van der Waals surface area contributed by atoms with Gasteiger partial charge in [-0.2, -0.15) is 5.26 Å². The van der Waals surface area contributed by atoms with Crippen LogP contribution in [0, 0.1) is 25.3 Å². The third-order valence-electron chi connectivity index (χ3n) is 5.38. The maximum Gasteiger partial charge on any atom is 0.270 e. The van der Waals surface area contributed by atoms with Crippen LogP contribution < -0.4 is 4.72 Å². The fourth-order valence-electron chi connectivity index (χ4n) is 3.91. The lowest BCUT2D eigenvalue weighted by Gasteiger charge is -2.11. The number of aromatic nitrogens is 3. The summed E-state index contributed by atoms with van der Waals surface area (Å²) in [6.45, 7) is 6.73. The molecule has 1 N–H and O–H groups in total. The third-order valence-corrected chi connectivity index (χ3v) is 6.67. The summed E-state index contributed by atoms with van der Waals surface area (Å²) in [7, 11) is -3.91. The highest BCUT2D eigenvalue weighted by Gasteiger charge is 2.19. The quantitative estimate of drug-likeness (QED) is 0.356. The molecule has 0 saturated heterocycles. The summed E-state index contributed by atoms with van der Waals surface area (Å²) < 4.78 is 28.8. The van der Waals surface area contributed by atoms with Crippen molar-refractivity contribution in [1.82, 2.24) is 19.3 Å². The van der Waals surface area contributed by atoms with Crippen LogP contribution in [0.15, 0.2) is 59.5 Å². The number of benzene rings is 2. The van der Waals surface area contributed by atoms with Gasteiger partial charge in [-0.15, -0.1) is 0 Å². The molecule has 2 heterocycles. The number of hydrogen-bond acceptors (Lipinski definition) is 5. The highest BCUT2D eigenvalue weighted by atomic mass is 32.2. The maximum atomic E-state index is 12.4. The van der Waals surface area contributed by atoms with Crippen LogP contribution in [-0.2, 0) is 23.0 Å². The lowest BCUT2D eigenvalue weighted by Crippen LogP contribution is -2.18. The topological polar surface area (TPSA) is 101 Å². The van der Waals surface area contributed by atoms with Gasteiger partial charge in [0.05, 0.1) is 11.4 Å². The monoisotopic (exact) mass is 445 g/mol. The van der Waals surface area contributed by atoms with Crippen molar-refractivity contribution in [3.8, 4) is 17.3 Å². The Bertz CT molecular complexity index is 1450. The lowest BCUT2D eigenvalue weighted by molar-refractivity contribution is 0.591. The number of imidazole rings is 1. The number of hydrogen-bond donors (Lipinski definition) is 1. The largest absolute Gasteiger partial charge is 0.308 e. The average molecular weight is 446 g/mol. The number of rotatable bonds is 6. The van der Waals surface area contributed by atoms with E-state index in [2.05, 4.69) is 18.4 Å². The molecule has 0 radical (unpaired) electrons. The molecule has 7 nitrogen and oxygen atoms in total. The zero-order valence-corrected chi connectivity index (χ0v) is 18.9. The van der Waals surface area contributed by atoms with Gasteiger partial charge < -0.3 is 4.57 Å². The molecule has 0 aliphatic carbocycles. The molecule has 2 aromatic carbocycles. The van der Waals surface area contributed by atoms with Crippen LogP contribution in [0.2, 0.25) is 0 Å². The van der Waals surface area contributed by atoms with Crippen molar-refractivity contribution in [3.63, 3.8) is 0 Å². The van der Waals surface area contributed by atoms with E-state index in [1.807, 2.05) is 42.0 Å². The van der Waals surface area contributed by atoms with Gasteiger partial charge in [0.15, 0.2) is 11.8 Å². The van der Waals surface area contributed by atoms with Crippen molar-refractivity contribution in [2.24, 2.45) is 0 Å². The van der Waals surface area contributed by atoms with Crippen LogP contribution >= 0.6 is 0 Å². The fourth-order valence-corrected chi connectivity index (χ4v) is 4.87. The van der Waals surface area contributed by atoms with Crippen molar-refractivity contribution < 1.29 is 8.42 Å². The summed E-state index contributed by atoms with van der Waals surface area (Å²) in [5, 5.41) is 8.78. The van der Waals surface area contributed by atoms with Crippen LogP contribution in [0.3, 0.4) is 0 Å². The van der Waals surface area contributed by atoms with E-state index in [4.69, 9.17) is 15.2 Å². The minimum atomic E-state index is -3.91. The summed E-state index contributed by atoms with van der Waals surface area (Å²) in [4.78, 5) is 9.58. The van der Waals surface area contributed by atoms with Crippen molar-refractivity contribution in [2.45, 2.75) is 38.6 Å². The molecule has 8 heteroatoms. The van der Waals surface area contributed by atoms with E-state index in [1.54, 1.807) is 18.2 Å². The number of pyridine rings is 1. The molecule has 0 spiro atoms. The first-order valence-electron chi connectivity index (χ1n) is 10.3. The molecule has 0 aliphatic rings. The predicted molar refractivity (Wildman–Crippen MR) is 123 cm³/mol. The Kier molecular flexibility index (Phi) is 5.68. The summed E-state index contributed by atoms with van der Waals surface area (Å²) >= 11 is 0. The molecule has 2 aromatic heterocycles. The van der Waals surface area contributed by atoms with Crippen LogP contribution in [0.4, 0.5) is 0 Å². The molecule has 32 heavy (non-hydrogen) atoms. The van der Waals surface area contributed by atoms with Crippen LogP contribution in [0.1, 0.15) is 29.6 Å². The standard InChI is InChI=1S/C24H23N5O2S/c1-4-22-28-23-16(2)13-17(3)27-24(23)29(22)14-18-9-11-19(12-10-18)20-7-5-6-8-21(20)32(30,31)26-15-25/h5-13,26H,4,14H2,1-3H3. The average Bonchev–Trinajstić information content (AvgIpc) is 3.12. The lowest BCUT2D eigenvalue weighted by atomic mass is 10.0. The maximum absolute atomic E-state index is 12.4. The summed E-state index contributed by atoms with van der Waals surface area (Å²) in [5.74, 6) is 0.976. The molecular formula is C24H23N5O2S. The Balaban J connectivity index is 1.71. The first-order valence-corrected chi connectivity index (χ1v) is 11.7. The van der Waals surface area contributed by atoms with Gasteiger partial charge in [-0.3, -0.25) is 0 Å². The molecule has 0 bridgehead atoms. The minimum Gasteiger partial charge on any atom is -0.308 e. The third kappa shape index (κ3) is 3.95. The Morgan fingerprint density at radius 1 is 1.06 bits per heavy atom. The van der Waals surface area contributed by atoms with E-state index in [9.17, 15) is 8.42 Å². The minimum absolute atomic E-state index is 0.0679. The second-order valence-electron chi connectivity index (χ2n) is 7.63. The fraction of sp³-hybridized carbons (Fsp3) is 0.208. The molecule has 4 aromatic rings. The van der Waals surface area contributed by atoms with E-state index in [-0.39, 0.29) is 4.90 Å². The molecule has 0 atom stereocenters. The highest BCUT2D eigenvalue weighted by Crippen LogP contribution is 2.28. The molecule has 4 rings (SSSR count). The molecular weight excluding hydrogens is 422 g/mol. The number of aryl methyl sites for hydroxylation is 3. The van der Waals surface area contributed by atoms with Crippen molar-refractivity contribution in [1.29, 1.82) is 5.26 Å². The van der Waals surface area contributed by atoms with E-state index in [0.29, 0.717) is 12.1 Å². The second-order valence-corrected chi connectivity index (χ2v) is 9.28. The van der Waals surface area contributed by atoms with Gasteiger partial charge in [0.2, 0.25) is 0 Å². The number of nitrogens with zero attached hydrogens (tertiary/aromatic N) is 4. The zero-order chi connectivity index (χ0) is 22.9. The number of sulfonamides is 1. The summed E-state index contributed by atoms with van der Waals surface area (Å²) in [6.07, 6.45) is 2.30. The summed E-state index contributed by atoms with van der Waals surface area (Å²) in [6, 6.07) is 16.4. The first kappa shape index (κ1) is 21.5. The molecule has 162 valence electrons. The zero-order valence-electron chi connectivity index (χ0n) is 18.1. The molecule has 0 saturated carbocycles. The van der Waals surface area contributed by atoms with Gasteiger partial charge in [0.1, 0.15) is 11.3 Å². The van der Waals surface area contributed by atoms with Crippen molar-refractivity contribution >= 4 is 21.2 Å². The van der Waals surface area contributed by atoms with Gasteiger partial charge in [0, 0.05) is 17.7 Å². The Morgan fingerprint density at radius 3 is 2.47 bits per heavy atom. The SMILES string of the molecule is CCc1nc2c(C)cc(C)nc2n1Cc1ccc(-c2ccccc2S(=O)(=O)NC#N)cc1. The highest BCUT2D eigenvalue weighted by molar-refractivity contribution is 7.89. The van der Waals surface area contributed by atoms with Gasteiger partial charge in [-0.25, -0.2) is 23.1 Å². The number of nitrogens with one attached hydrogen (secondary N) is 1. The van der Waals surface area contributed by atoms with E-state index in [0.717, 1.165) is 45.8 Å². The molecule has 0 amide bonds. The van der Waals surface area contributed by atoms with E-state index in [1.165, 1.54) is 12.3 Å². The Labute approximate surface area is 187 Å². The first-order chi connectivity index (χ1) is 15.3. The molecule has 0 aliphatic heterocycles. The van der Waals surface area contributed by atoms with Crippen molar-refractivity contribution in [3.05, 3.63) is 77.2 Å². The van der Waals surface area contributed by atoms with Gasteiger partial charge in [-0.1, -0.05) is 49.4 Å². The van der Waals surface area contributed by atoms with Crippen LogP contribution in [0.5, 0.6) is 0 Å². The molecule has 0 unspecified atom stereocenters. The summed E-state index contributed by atoms with van der Waals surface area (Å²) in [5.41, 5.74) is 6.22. The number of nitriles is 1. The smallest absolute Gasteiger partial charge is 0.270 e. The van der Waals surface area contributed by atoms with Crippen LogP contribution in [-0.4, -0.2) is 23.0 Å². The van der Waals surface area contributed by atoms with Gasteiger partial charge >= 0.3 is 0 Å². The Hall–Kier alpha value is -3.70. The van der Waals surface area contributed by atoms with Gasteiger partial charge in [-0.05, 0) is 42.7 Å². The molecule has 0 fully saturated rings. The second kappa shape index (κ2) is 8.44. The van der Waals surface area contributed by atoms with Crippen LogP contribution in [0.25, 0.3) is 22.3 Å².